The van der Waals surface area contributed by atoms with E-state index in [1.807, 2.05) is 49.3 Å². The van der Waals surface area contributed by atoms with Crippen molar-refractivity contribution >= 4 is 22.8 Å². The van der Waals surface area contributed by atoms with Crippen molar-refractivity contribution in [3.05, 3.63) is 42.4 Å². The summed E-state index contributed by atoms with van der Waals surface area (Å²) in [6, 6.07) is 7.62. The third-order valence-electron chi connectivity index (χ3n) is 4.97. The molecule has 0 unspecified atom stereocenters. The molecule has 0 radical (unpaired) electrons. The number of fused-ring (bicyclic) bond motifs is 1. The number of piperidine rings is 1. The van der Waals surface area contributed by atoms with E-state index in [2.05, 4.69) is 20.4 Å². The fraction of sp³-hybridized carbons (Fsp3) is 0.400. The van der Waals surface area contributed by atoms with Crippen molar-refractivity contribution in [2.45, 2.75) is 25.8 Å². The van der Waals surface area contributed by atoms with E-state index in [9.17, 15) is 4.79 Å². The van der Waals surface area contributed by atoms with E-state index in [0.717, 1.165) is 29.8 Å². The number of aryl methyl sites for hydroxylation is 1. The number of rotatable bonds is 5. The number of benzene rings is 1. The van der Waals surface area contributed by atoms with Crippen molar-refractivity contribution in [3.63, 3.8) is 0 Å². The molecule has 1 N–H and O–H groups in total. The molecule has 3 heterocycles. The van der Waals surface area contributed by atoms with E-state index in [0.29, 0.717) is 30.9 Å². The van der Waals surface area contributed by atoms with Crippen molar-refractivity contribution in [1.82, 2.24) is 24.6 Å². The Balaban J connectivity index is 1.37. The van der Waals surface area contributed by atoms with Gasteiger partial charge in [-0.2, -0.15) is 5.10 Å². The molecule has 8 nitrogen and oxygen atoms in total. The molecule has 1 aliphatic heterocycles. The Morgan fingerprint density at radius 3 is 2.68 bits per heavy atom. The summed E-state index contributed by atoms with van der Waals surface area (Å²) < 4.78 is 7.18. The lowest BCUT2D eigenvalue weighted by molar-refractivity contribution is 0.0718. The number of aromatic nitrogens is 4. The molecule has 1 aromatic carbocycles. The minimum Gasteiger partial charge on any atom is -0.494 e. The van der Waals surface area contributed by atoms with E-state index in [-0.39, 0.29) is 11.9 Å². The molecule has 2 aromatic heterocycles. The van der Waals surface area contributed by atoms with Crippen LogP contribution in [0.5, 0.6) is 5.75 Å². The lowest BCUT2D eigenvalue weighted by Gasteiger charge is -2.32. The second-order valence-corrected chi connectivity index (χ2v) is 6.93. The molecule has 1 fully saturated rings. The van der Waals surface area contributed by atoms with Gasteiger partial charge in [-0.25, -0.2) is 9.97 Å². The van der Waals surface area contributed by atoms with Crippen LogP contribution < -0.4 is 10.1 Å². The Bertz CT molecular complexity index is 960. The number of nitrogens with zero attached hydrogens (tertiary/aromatic N) is 5. The number of hydrogen-bond acceptors (Lipinski definition) is 6. The minimum atomic E-state index is 0.0678. The van der Waals surface area contributed by atoms with E-state index in [1.165, 1.54) is 6.33 Å². The van der Waals surface area contributed by atoms with Gasteiger partial charge in [0.05, 0.1) is 12.0 Å². The quantitative estimate of drug-likeness (QED) is 0.732. The summed E-state index contributed by atoms with van der Waals surface area (Å²) in [7, 11) is 1.87. The summed E-state index contributed by atoms with van der Waals surface area (Å²) >= 11 is 0. The first-order valence-electron chi connectivity index (χ1n) is 9.57. The smallest absolute Gasteiger partial charge is 0.253 e. The number of ether oxygens (including phenoxy) is 1. The Morgan fingerprint density at radius 2 is 1.96 bits per heavy atom. The van der Waals surface area contributed by atoms with Crippen LogP contribution in [0.15, 0.2) is 36.8 Å². The second kappa shape index (κ2) is 7.84. The Kier molecular flexibility index (Phi) is 5.10. The van der Waals surface area contributed by atoms with Gasteiger partial charge in [-0.1, -0.05) is 0 Å². The molecule has 0 spiro atoms. The zero-order chi connectivity index (χ0) is 19.5. The molecule has 1 aliphatic rings. The van der Waals surface area contributed by atoms with Gasteiger partial charge in [0.1, 0.15) is 17.9 Å². The molecule has 8 heteroatoms. The fourth-order valence-electron chi connectivity index (χ4n) is 3.53. The van der Waals surface area contributed by atoms with Crippen LogP contribution in [0.2, 0.25) is 0 Å². The van der Waals surface area contributed by atoms with E-state index in [4.69, 9.17) is 4.74 Å². The third-order valence-corrected chi connectivity index (χ3v) is 4.97. The molecule has 0 atom stereocenters. The van der Waals surface area contributed by atoms with Crippen LogP contribution in [-0.2, 0) is 7.05 Å². The van der Waals surface area contributed by atoms with E-state index in [1.54, 1.807) is 4.68 Å². The number of carbonyl (C=O) groups is 1. The first kappa shape index (κ1) is 18.2. The molecule has 0 saturated carbocycles. The molecular weight excluding hydrogens is 356 g/mol. The maximum absolute atomic E-state index is 12.7. The normalized spacial score (nSPS) is 15.0. The van der Waals surface area contributed by atoms with Crippen LogP contribution in [-0.4, -0.2) is 56.3 Å². The highest BCUT2D eigenvalue weighted by molar-refractivity contribution is 5.94. The highest BCUT2D eigenvalue weighted by Gasteiger charge is 2.24. The topological polar surface area (TPSA) is 85.2 Å². The van der Waals surface area contributed by atoms with Crippen molar-refractivity contribution in [3.8, 4) is 5.75 Å². The number of likely N-dealkylation sites (tertiary alicyclic amines) is 1. The highest BCUT2D eigenvalue weighted by Crippen LogP contribution is 2.22. The van der Waals surface area contributed by atoms with Gasteiger partial charge in [0.2, 0.25) is 0 Å². The first-order chi connectivity index (χ1) is 13.6. The SMILES string of the molecule is CCOc1ccc(C(=O)N2CCC(Nc3ncnc4nn(C)cc34)CC2)cc1. The van der Waals surface area contributed by atoms with Crippen LogP contribution >= 0.6 is 0 Å². The second-order valence-electron chi connectivity index (χ2n) is 6.93. The molecule has 146 valence electrons. The average Bonchev–Trinajstić information content (AvgIpc) is 3.10. The molecule has 0 bridgehead atoms. The Hall–Kier alpha value is -3.16. The van der Waals surface area contributed by atoms with Crippen molar-refractivity contribution in [1.29, 1.82) is 0 Å². The third kappa shape index (κ3) is 3.76. The van der Waals surface area contributed by atoms with Gasteiger partial charge in [0.15, 0.2) is 5.65 Å². The Morgan fingerprint density at radius 1 is 1.21 bits per heavy atom. The van der Waals surface area contributed by atoms with E-state index < -0.39 is 0 Å². The van der Waals surface area contributed by atoms with Gasteiger partial charge in [0.25, 0.3) is 5.91 Å². The van der Waals surface area contributed by atoms with Gasteiger partial charge in [-0.15, -0.1) is 0 Å². The monoisotopic (exact) mass is 380 g/mol. The molecule has 3 aromatic rings. The van der Waals surface area contributed by atoms with Crippen LogP contribution in [0, 0.1) is 0 Å². The molecule has 4 rings (SSSR count). The largest absolute Gasteiger partial charge is 0.494 e. The predicted molar refractivity (Wildman–Crippen MR) is 106 cm³/mol. The predicted octanol–water partition coefficient (Wildman–Crippen LogP) is 2.48. The number of anilines is 1. The lowest BCUT2D eigenvalue weighted by atomic mass is 10.0. The van der Waals surface area contributed by atoms with Crippen LogP contribution in [0.25, 0.3) is 11.0 Å². The molecule has 1 amide bonds. The maximum atomic E-state index is 12.7. The lowest BCUT2D eigenvalue weighted by Crippen LogP contribution is -2.42. The average molecular weight is 380 g/mol. The minimum absolute atomic E-state index is 0.0678. The summed E-state index contributed by atoms with van der Waals surface area (Å²) in [4.78, 5) is 23.2. The van der Waals surface area contributed by atoms with E-state index >= 15 is 0 Å². The summed E-state index contributed by atoms with van der Waals surface area (Å²) in [6.45, 7) is 3.99. The van der Waals surface area contributed by atoms with Gasteiger partial charge in [-0.05, 0) is 44.0 Å². The summed E-state index contributed by atoms with van der Waals surface area (Å²) in [6.07, 6.45) is 5.19. The standard InChI is InChI=1S/C20H24N6O2/c1-3-28-16-6-4-14(5-7-16)20(27)26-10-8-15(9-11-26)23-18-17-12-25(2)24-19(17)22-13-21-18/h4-7,12-13,15H,3,8-11H2,1-2H3,(H,21,22,23,24). The number of amides is 1. The van der Waals surface area contributed by atoms with Crippen LogP contribution in [0.3, 0.4) is 0 Å². The Labute approximate surface area is 163 Å². The van der Waals surface area contributed by atoms with Gasteiger partial charge in [-0.3, -0.25) is 9.48 Å². The number of nitrogens with one attached hydrogen (secondary N) is 1. The number of carbonyl (C=O) groups excluding carboxylic acids is 1. The van der Waals surface area contributed by atoms with Gasteiger partial charge < -0.3 is 15.0 Å². The zero-order valence-corrected chi connectivity index (χ0v) is 16.1. The van der Waals surface area contributed by atoms with Crippen molar-refractivity contribution in [2.75, 3.05) is 25.0 Å². The summed E-state index contributed by atoms with van der Waals surface area (Å²) in [5.74, 6) is 1.65. The fourth-order valence-corrected chi connectivity index (χ4v) is 3.53. The molecule has 0 aliphatic carbocycles. The van der Waals surface area contributed by atoms with Crippen LogP contribution in [0.1, 0.15) is 30.1 Å². The zero-order valence-electron chi connectivity index (χ0n) is 16.1. The highest BCUT2D eigenvalue weighted by atomic mass is 16.5. The molecule has 1 saturated heterocycles. The van der Waals surface area contributed by atoms with Crippen LogP contribution in [0.4, 0.5) is 5.82 Å². The summed E-state index contributed by atoms with van der Waals surface area (Å²) in [5, 5.41) is 8.73. The van der Waals surface area contributed by atoms with Gasteiger partial charge >= 0.3 is 0 Å². The van der Waals surface area contributed by atoms with Crippen molar-refractivity contribution in [2.24, 2.45) is 7.05 Å². The van der Waals surface area contributed by atoms with Gasteiger partial charge in [0, 0.05) is 37.9 Å². The summed E-state index contributed by atoms with van der Waals surface area (Å²) in [5.41, 5.74) is 1.38. The molecular formula is C20H24N6O2. The maximum Gasteiger partial charge on any atom is 0.253 e. The first-order valence-corrected chi connectivity index (χ1v) is 9.57. The van der Waals surface area contributed by atoms with Crippen molar-refractivity contribution < 1.29 is 9.53 Å². The molecule has 28 heavy (non-hydrogen) atoms. The number of hydrogen-bond donors (Lipinski definition) is 1.